The summed E-state index contributed by atoms with van der Waals surface area (Å²) in [5.41, 5.74) is 2.45. The van der Waals surface area contributed by atoms with Gasteiger partial charge in [-0.05, 0) is 26.0 Å². The second-order valence-corrected chi connectivity index (χ2v) is 4.10. The van der Waals surface area contributed by atoms with Crippen LogP contribution in [-0.2, 0) is 0 Å². The molecule has 3 heteroatoms. The zero-order valence-electron chi connectivity index (χ0n) is 8.18. The van der Waals surface area contributed by atoms with Gasteiger partial charge in [0.15, 0.2) is 0 Å². The number of furan rings is 1. The van der Waals surface area contributed by atoms with E-state index in [1.807, 2.05) is 13.0 Å². The molecule has 0 fully saturated rings. The lowest BCUT2D eigenvalue weighted by Gasteiger charge is -2.05. The Morgan fingerprint density at radius 3 is 2.27 bits per heavy atom. The maximum absolute atomic E-state index is 6.09. The molecule has 77 valence electrons. The molecule has 0 aliphatic rings. The molecule has 2 aromatic rings. The summed E-state index contributed by atoms with van der Waals surface area (Å²) in [5.74, 6) is 0.779. The van der Waals surface area contributed by atoms with Crippen molar-refractivity contribution in [2.75, 3.05) is 0 Å². The van der Waals surface area contributed by atoms with Crippen molar-refractivity contribution in [3.8, 4) is 11.1 Å². The number of hydrogen-bond acceptors (Lipinski definition) is 1. The van der Waals surface area contributed by atoms with Gasteiger partial charge in [-0.25, -0.2) is 0 Å². The lowest BCUT2D eigenvalue weighted by atomic mass is 10.0. The molecule has 0 saturated carbocycles. The van der Waals surface area contributed by atoms with Gasteiger partial charge in [0.2, 0.25) is 0 Å². The van der Waals surface area contributed by atoms with Gasteiger partial charge in [-0.15, -0.1) is 0 Å². The number of aryl methyl sites for hydroxylation is 1. The lowest BCUT2D eigenvalue weighted by Crippen LogP contribution is -1.82. The molecule has 0 amide bonds. The molecule has 1 heterocycles. The van der Waals surface area contributed by atoms with Crippen molar-refractivity contribution in [3.05, 3.63) is 52.8 Å². The monoisotopic (exact) mass is 239 g/mol. The third-order valence-electron chi connectivity index (χ3n) is 2.34. The molecule has 0 unspecified atom stereocenters. The minimum Gasteiger partial charge on any atom is -0.469 e. The van der Waals surface area contributed by atoms with Crippen LogP contribution in [0.15, 0.2) is 28.9 Å². The van der Waals surface area contributed by atoms with E-state index in [1.54, 1.807) is 18.4 Å². The molecule has 0 aliphatic heterocycles. The third kappa shape index (κ3) is 1.77. The molecular formula is C12H9Cl2O. The normalized spacial score (nSPS) is 10.7. The predicted octanol–water partition coefficient (Wildman–Crippen LogP) is 4.74. The summed E-state index contributed by atoms with van der Waals surface area (Å²) in [6.45, 7) is 5.79. The summed E-state index contributed by atoms with van der Waals surface area (Å²) < 4.78 is 5.28. The fourth-order valence-electron chi connectivity index (χ4n) is 1.44. The SMILES string of the molecule is [CH2]c1c(-c2c(Cl)cccc2Cl)coc1C. The Bertz CT molecular complexity index is 480. The van der Waals surface area contributed by atoms with Gasteiger partial charge in [0.25, 0.3) is 0 Å². The first-order valence-electron chi connectivity index (χ1n) is 4.45. The van der Waals surface area contributed by atoms with Crippen LogP contribution in [-0.4, -0.2) is 0 Å². The van der Waals surface area contributed by atoms with Crippen LogP contribution < -0.4 is 0 Å². The van der Waals surface area contributed by atoms with E-state index in [2.05, 4.69) is 6.92 Å². The number of hydrogen-bond donors (Lipinski definition) is 0. The lowest BCUT2D eigenvalue weighted by molar-refractivity contribution is 0.533. The number of benzene rings is 1. The molecule has 0 saturated heterocycles. The van der Waals surface area contributed by atoms with Gasteiger partial charge in [0.05, 0.1) is 16.3 Å². The number of halogens is 2. The van der Waals surface area contributed by atoms with E-state index in [-0.39, 0.29) is 0 Å². The highest BCUT2D eigenvalue weighted by Gasteiger charge is 2.14. The zero-order chi connectivity index (χ0) is 11.0. The molecule has 1 aromatic heterocycles. The molecule has 2 rings (SSSR count). The highest BCUT2D eigenvalue weighted by Crippen LogP contribution is 2.37. The van der Waals surface area contributed by atoms with Crippen LogP contribution in [0.4, 0.5) is 0 Å². The fourth-order valence-corrected chi connectivity index (χ4v) is 2.05. The van der Waals surface area contributed by atoms with E-state index >= 15 is 0 Å². The Labute approximate surface area is 98.6 Å². The summed E-state index contributed by atoms with van der Waals surface area (Å²) in [5, 5.41) is 1.21. The van der Waals surface area contributed by atoms with E-state index in [1.165, 1.54) is 0 Å². The van der Waals surface area contributed by atoms with Crippen LogP contribution >= 0.6 is 23.2 Å². The Kier molecular flexibility index (Phi) is 2.76. The summed E-state index contributed by atoms with van der Waals surface area (Å²) in [6.07, 6.45) is 1.63. The Morgan fingerprint density at radius 2 is 1.80 bits per heavy atom. The third-order valence-corrected chi connectivity index (χ3v) is 2.97. The van der Waals surface area contributed by atoms with Crippen LogP contribution in [0.5, 0.6) is 0 Å². The van der Waals surface area contributed by atoms with Crippen molar-refractivity contribution in [1.82, 2.24) is 0 Å². The van der Waals surface area contributed by atoms with E-state index < -0.39 is 0 Å². The summed E-state index contributed by atoms with van der Waals surface area (Å²) in [6, 6.07) is 5.40. The first-order chi connectivity index (χ1) is 7.11. The Balaban J connectivity index is 2.69. The maximum atomic E-state index is 6.09. The highest BCUT2D eigenvalue weighted by atomic mass is 35.5. The van der Waals surface area contributed by atoms with Crippen molar-refractivity contribution in [1.29, 1.82) is 0 Å². The van der Waals surface area contributed by atoms with Crippen LogP contribution in [0.3, 0.4) is 0 Å². The van der Waals surface area contributed by atoms with Gasteiger partial charge in [0.1, 0.15) is 5.76 Å². The molecular weight excluding hydrogens is 231 g/mol. The second kappa shape index (κ2) is 3.92. The molecule has 0 atom stereocenters. The van der Waals surface area contributed by atoms with Gasteiger partial charge < -0.3 is 4.42 Å². The van der Waals surface area contributed by atoms with Gasteiger partial charge in [-0.1, -0.05) is 29.3 Å². The standard InChI is InChI=1S/C12H9Cl2O/c1-7-8(2)15-6-9(7)12-10(13)4-3-5-11(12)14/h3-6H,1H2,2H3. The summed E-state index contributed by atoms with van der Waals surface area (Å²) >= 11 is 12.2. The molecule has 0 aliphatic carbocycles. The summed E-state index contributed by atoms with van der Waals surface area (Å²) in [7, 11) is 0. The van der Waals surface area contributed by atoms with Crippen molar-refractivity contribution < 1.29 is 4.42 Å². The quantitative estimate of drug-likeness (QED) is 0.701. The van der Waals surface area contributed by atoms with Crippen LogP contribution in [0.2, 0.25) is 10.0 Å². The van der Waals surface area contributed by atoms with Gasteiger partial charge in [-0.3, -0.25) is 0 Å². The average Bonchev–Trinajstić information content (AvgIpc) is 2.49. The Morgan fingerprint density at radius 1 is 1.20 bits per heavy atom. The van der Waals surface area contributed by atoms with Crippen molar-refractivity contribution in [2.45, 2.75) is 6.92 Å². The minimum atomic E-state index is 0.605. The topological polar surface area (TPSA) is 13.1 Å². The summed E-state index contributed by atoms with van der Waals surface area (Å²) in [4.78, 5) is 0. The van der Waals surface area contributed by atoms with E-state index in [9.17, 15) is 0 Å². The molecule has 0 N–H and O–H groups in total. The van der Waals surface area contributed by atoms with Crippen molar-refractivity contribution in [2.24, 2.45) is 0 Å². The first kappa shape index (κ1) is 10.6. The highest BCUT2D eigenvalue weighted by molar-refractivity contribution is 6.39. The van der Waals surface area contributed by atoms with Gasteiger partial charge >= 0.3 is 0 Å². The van der Waals surface area contributed by atoms with Crippen LogP contribution in [0.25, 0.3) is 11.1 Å². The van der Waals surface area contributed by atoms with Gasteiger partial charge in [0, 0.05) is 16.7 Å². The zero-order valence-corrected chi connectivity index (χ0v) is 9.69. The largest absolute Gasteiger partial charge is 0.469 e. The smallest absolute Gasteiger partial charge is 0.104 e. The van der Waals surface area contributed by atoms with E-state index in [4.69, 9.17) is 27.6 Å². The molecule has 1 aromatic carbocycles. The predicted molar refractivity (Wildman–Crippen MR) is 63.4 cm³/mol. The first-order valence-corrected chi connectivity index (χ1v) is 5.21. The van der Waals surface area contributed by atoms with Crippen LogP contribution in [0.1, 0.15) is 11.3 Å². The van der Waals surface area contributed by atoms with Crippen molar-refractivity contribution >= 4 is 23.2 Å². The van der Waals surface area contributed by atoms with Crippen LogP contribution in [0, 0.1) is 13.8 Å². The Hall–Kier alpha value is -0.920. The maximum Gasteiger partial charge on any atom is 0.104 e. The van der Waals surface area contributed by atoms with Gasteiger partial charge in [-0.2, -0.15) is 0 Å². The molecule has 0 spiro atoms. The molecule has 1 radical (unpaired) electrons. The fraction of sp³-hybridized carbons (Fsp3) is 0.0833. The average molecular weight is 240 g/mol. The van der Waals surface area contributed by atoms with E-state index in [0.29, 0.717) is 10.0 Å². The minimum absolute atomic E-state index is 0.605. The van der Waals surface area contributed by atoms with E-state index in [0.717, 1.165) is 22.5 Å². The molecule has 1 nitrogen and oxygen atoms in total. The molecule has 0 bridgehead atoms. The second-order valence-electron chi connectivity index (χ2n) is 3.28. The van der Waals surface area contributed by atoms with Crippen molar-refractivity contribution in [3.63, 3.8) is 0 Å². The number of rotatable bonds is 1. The molecule has 15 heavy (non-hydrogen) atoms.